The first kappa shape index (κ1) is 16.9. The number of unbranched alkanes of at least 4 members (excludes halogenated alkanes) is 3. The highest BCUT2D eigenvalue weighted by atomic mass is 15.2. The smallest absolute Gasteiger partial charge is 0.0221 e. The lowest BCUT2D eigenvalue weighted by atomic mass is 10.0. The van der Waals surface area contributed by atoms with E-state index in [0.717, 1.165) is 12.5 Å². The molecule has 0 fully saturated rings. The van der Waals surface area contributed by atoms with Gasteiger partial charge in [0.2, 0.25) is 0 Å². The summed E-state index contributed by atoms with van der Waals surface area (Å²) in [5.74, 6) is 0.724. The molecule has 1 unspecified atom stereocenters. The minimum Gasteiger partial charge on any atom is -0.329 e. The Bertz CT molecular complexity index is 166. The van der Waals surface area contributed by atoms with Crippen molar-refractivity contribution in [2.75, 3.05) is 13.1 Å². The Morgan fingerprint density at radius 2 is 1.65 bits per heavy atom. The zero-order valence-corrected chi connectivity index (χ0v) is 12.7. The van der Waals surface area contributed by atoms with Crippen LogP contribution in [0.4, 0.5) is 0 Å². The van der Waals surface area contributed by atoms with Crippen LogP contribution < -0.4 is 5.73 Å². The lowest BCUT2D eigenvalue weighted by Gasteiger charge is -2.35. The highest BCUT2D eigenvalue weighted by Crippen LogP contribution is 2.15. The molecule has 0 bridgehead atoms. The zero-order valence-electron chi connectivity index (χ0n) is 12.7. The third kappa shape index (κ3) is 7.77. The predicted octanol–water partition coefficient (Wildman–Crippen LogP) is 3.65. The van der Waals surface area contributed by atoms with Crippen molar-refractivity contribution in [3.05, 3.63) is 0 Å². The highest BCUT2D eigenvalue weighted by Gasteiger charge is 2.20. The number of hydrogen-bond donors (Lipinski definition) is 1. The van der Waals surface area contributed by atoms with Crippen molar-refractivity contribution in [3.8, 4) is 0 Å². The van der Waals surface area contributed by atoms with E-state index < -0.39 is 0 Å². The SMILES string of the molecule is CCCCCCC(CN)N(CC(C)C)C(C)C. The predicted molar refractivity (Wildman–Crippen MR) is 78.3 cm³/mol. The first-order valence-electron chi connectivity index (χ1n) is 7.48. The number of nitrogens with two attached hydrogens (primary N) is 1. The van der Waals surface area contributed by atoms with Gasteiger partial charge in [-0.15, -0.1) is 0 Å². The molecule has 0 aromatic rings. The van der Waals surface area contributed by atoms with Crippen molar-refractivity contribution in [2.45, 2.75) is 78.8 Å². The van der Waals surface area contributed by atoms with Crippen LogP contribution in [0.1, 0.15) is 66.7 Å². The van der Waals surface area contributed by atoms with E-state index in [9.17, 15) is 0 Å². The molecule has 0 aliphatic heterocycles. The van der Waals surface area contributed by atoms with Gasteiger partial charge in [-0.05, 0) is 26.2 Å². The van der Waals surface area contributed by atoms with Gasteiger partial charge in [-0.2, -0.15) is 0 Å². The van der Waals surface area contributed by atoms with Crippen molar-refractivity contribution in [1.82, 2.24) is 4.90 Å². The van der Waals surface area contributed by atoms with Crippen LogP contribution in [0.2, 0.25) is 0 Å². The van der Waals surface area contributed by atoms with Crippen LogP contribution in [0.3, 0.4) is 0 Å². The van der Waals surface area contributed by atoms with E-state index in [0.29, 0.717) is 12.1 Å². The fraction of sp³-hybridized carbons (Fsp3) is 1.00. The van der Waals surface area contributed by atoms with Gasteiger partial charge in [0.15, 0.2) is 0 Å². The summed E-state index contributed by atoms with van der Waals surface area (Å²) in [4.78, 5) is 2.59. The lowest BCUT2D eigenvalue weighted by Crippen LogP contribution is -2.46. The molecule has 0 aliphatic carbocycles. The van der Waals surface area contributed by atoms with Crippen molar-refractivity contribution >= 4 is 0 Å². The topological polar surface area (TPSA) is 29.3 Å². The van der Waals surface area contributed by atoms with E-state index in [1.807, 2.05) is 0 Å². The largest absolute Gasteiger partial charge is 0.329 e. The summed E-state index contributed by atoms with van der Waals surface area (Å²) in [7, 11) is 0. The van der Waals surface area contributed by atoms with E-state index in [-0.39, 0.29) is 0 Å². The second-order valence-electron chi connectivity index (χ2n) is 5.92. The zero-order chi connectivity index (χ0) is 13.3. The molecule has 0 aliphatic rings. The molecule has 0 amide bonds. The molecule has 0 saturated carbocycles. The molecule has 17 heavy (non-hydrogen) atoms. The number of hydrogen-bond acceptors (Lipinski definition) is 2. The van der Waals surface area contributed by atoms with Gasteiger partial charge in [-0.3, -0.25) is 4.90 Å². The van der Waals surface area contributed by atoms with Gasteiger partial charge in [-0.1, -0.05) is 46.5 Å². The quantitative estimate of drug-likeness (QED) is 0.593. The first-order chi connectivity index (χ1) is 8.02. The lowest BCUT2D eigenvalue weighted by molar-refractivity contribution is 0.129. The summed E-state index contributed by atoms with van der Waals surface area (Å²) in [6.45, 7) is 13.4. The molecule has 2 heteroatoms. The summed E-state index contributed by atoms with van der Waals surface area (Å²) >= 11 is 0. The third-order valence-electron chi connectivity index (χ3n) is 3.37. The summed E-state index contributed by atoms with van der Waals surface area (Å²) < 4.78 is 0. The van der Waals surface area contributed by atoms with Gasteiger partial charge in [0, 0.05) is 25.2 Å². The second-order valence-corrected chi connectivity index (χ2v) is 5.92. The van der Waals surface area contributed by atoms with Gasteiger partial charge in [0.25, 0.3) is 0 Å². The van der Waals surface area contributed by atoms with E-state index in [1.165, 1.54) is 38.6 Å². The fourth-order valence-corrected chi connectivity index (χ4v) is 2.43. The van der Waals surface area contributed by atoms with Gasteiger partial charge < -0.3 is 5.73 Å². The molecular formula is C15H34N2. The maximum absolute atomic E-state index is 5.96. The van der Waals surface area contributed by atoms with Crippen LogP contribution in [-0.2, 0) is 0 Å². The molecule has 0 saturated heterocycles. The Morgan fingerprint density at radius 1 is 1.00 bits per heavy atom. The average molecular weight is 242 g/mol. The van der Waals surface area contributed by atoms with E-state index in [1.54, 1.807) is 0 Å². The number of rotatable bonds is 10. The molecule has 0 rings (SSSR count). The van der Waals surface area contributed by atoms with Gasteiger partial charge >= 0.3 is 0 Å². The minimum absolute atomic E-state index is 0.578. The van der Waals surface area contributed by atoms with Crippen LogP contribution in [0.25, 0.3) is 0 Å². The van der Waals surface area contributed by atoms with Gasteiger partial charge in [0.1, 0.15) is 0 Å². The van der Waals surface area contributed by atoms with Crippen molar-refractivity contribution in [1.29, 1.82) is 0 Å². The van der Waals surface area contributed by atoms with E-state index in [2.05, 4.69) is 39.5 Å². The van der Waals surface area contributed by atoms with Gasteiger partial charge in [-0.25, -0.2) is 0 Å². The average Bonchev–Trinajstić information content (AvgIpc) is 2.26. The summed E-state index contributed by atoms with van der Waals surface area (Å²) in [5.41, 5.74) is 5.96. The van der Waals surface area contributed by atoms with Crippen LogP contribution in [0, 0.1) is 5.92 Å². The van der Waals surface area contributed by atoms with Crippen LogP contribution in [0.15, 0.2) is 0 Å². The maximum Gasteiger partial charge on any atom is 0.0221 e. The number of nitrogens with zero attached hydrogens (tertiary/aromatic N) is 1. The third-order valence-corrected chi connectivity index (χ3v) is 3.37. The van der Waals surface area contributed by atoms with Crippen LogP contribution >= 0.6 is 0 Å². The standard InChI is InChI=1S/C15H34N2/c1-6-7-8-9-10-15(11-16)17(14(4)5)12-13(2)3/h13-15H,6-12,16H2,1-5H3. The molecule has 0 radical (unpaired) electrons. The van der Waals surface area contributed by atoms with E-state index in [4.69, 9.17) is 5.73 Å². The molecule has 0 spiro atoms. The maximum atomic E-state index is 5.96. The Kier molecular flexibility index (Phi) is 9.85. The minimum atomic E-state index is 0.578. The van der Waals surface area contributed by atoms with Crippen molar-refractivity contribution < 1.29 is 0 Å². The Morgan fingerprint density at radius 3 is 2.06 bits per heavy atom. The summed E-state index contributed by atoms with van der Waals surface area (Å²) in [5, 5.41) is 0. The molecule has 1 atom stereocenters. The van der Waals surface area contributed by atoms with Crippen LogP contribution in [-0.4, -0.2) is 30.1 Å². The molecule has 104 valence electrons. The summed E-state index contributed by atoms with van der Waals surface area (Å²) in [6.07, 6.45) is 6.63. The Balaban J connectivity index is 4.15. The molecular weight excluding hydrogens is 208 g/mol. The summed E-state index contributed by atoms with van der Waals surface area (Å²) in [6, 6.07) is 1.19. The van der Waals surface area contributed by atoms with Crippen molar-refractivity contribution in [2.24, 2.45) is 11.7 Å². The first-order valence-corrected chi connectivity index (χ1v) is 7.48. The van der Waals surface area contributed by atoms with Crippen LogP contribution in [0.5, 0.6) is 0 Å². The Labute approximate surface area is 109 Å². The fourth-order valence-electron chi connectivity index (χ4n) is 2.43. The molecule has 2 nitrogen and oxygen atoms in total. The van der Waals surface area contributed by atoms with Crippen molar-refractivity contribution in [3.63, 3.8) is 0 Å². The molecule has 2 N–H and O–H groups in total. The molecule has 0 aromatic carbocycles. The Hall–Kier alpha value is -0.0800. The monoisotopic (exact) mass is 242 g/mol. The van der Waals surface area contributed by atoms with Gasteiger partial charge in [0.05, 0.1) is 0 Å². The van der Waals surface area contributed by atoms with E-state index >= 15 is 0 Å². The molecule has 0 aromatic heterocycles. The normalized spacial score (nSPS) is 13.9. The molecule has 0 heterocycles. The second kappa shape index (κ2) is 9.90. The highest BCUT2D eigenvalue weighted by molar-refractivity contribution is 4.76.